The number of thiazole rings is 1. The Hall–Kier alpha value is -2.58. The smallest absolute Gasteiger partial charge is 0.340 e. The van der Waals surface area contributed by atoms with Crippen molar-refractivity contribution in [1.82, 2.24) is 9.97 Å². The quantitative estimate of drug-likeness (QED) is 0.489. The zero-order valence-corrected chi connectivity index (χ0v) is 17.8. The molecule has 0 aliphatic heterocycles. The highest BCUT2D eigenvalue weighted by Crippen LogP contribution is 2.31. The van der Waals surface area contributed by atoms with E-state index < -0.39 is 5.97 Å². The van der Waals surface area contributed by atoms with Crippen LogP contribution in [0.25, 0.3) is 0 Å². The lowest BCUT2D eigenvalue weighted by Crippen LogP contribution is -2.23. The van der Waals surface area contributed by atoms with Crippen LogP contribution < -0.4 is 4.90 Å². The topological polar surface area (TPSA) is 72.4 Å². The number of halogens is 1. The molecule has 0 atom stereocenters. The van der Waals surface area contributed by atoms with Gasteiger partial charge in [-0.2, -0.15) is 0 Å². The Bertz CT molecular complexity index is 1010. The first-order valence-electron chi connectivity index (χ1n) is 8.60. The molecule has 0 unspecified atom stereocenters. The summed E-state index contributed by atoms with van der Waals surface area (Å²) in [6.07, 6.45) is 3.84. The summed E-state index contributed by atoms with van der Waals surface area (Å²) in [6.45, 7) is 3.57. The third kappa shape index (κ3) is 4.63. The molecule has 0 aliphatic carbocycles. The summed E-state index contributed by atoms with van der Waals surface area (Å²) in [5.74, 6) is -0.609. The summed E-state index contributed by atoms with van der Waals surface area (Å²) in [5.41, 5.74) is 2.81. The minimum absolute atomic E-state index is 0.0169. The molecule has 144 valence electrons. The molecular formula is C20H18BrN3O3S. The van der Waals surface area contributed by atoms with Crippen molar-refractivity contribution in [3.05, 3.63) is 69.4 Å². The Labute approximate surface area is 175 Å². The fraction of sp³-hybridized carbons (Fsp3) is 0.200. The number of rotatable bonds is 6. The number of hydrogen-bond acceptors (Lipinski definition) is 6. The summed E-state index contributed by atoms with van der Waals surface area (Å²) in [5, 5.41) is 2.33. The number of pyridine rings is 1. The first kappa shape index (κ1) is 20.2. The molecule has 1 amide bonds. The third-order valence-electron chi connectivity index (χ3n) is 3.95. The summed E-state index contributed by atoms with van der Waals surface area (Å²) in [7, 11) is 0. The van der Waals surface area contributed by atoms with Crippen LogP contribution in [-0.2, 0) is 22.6 Å². The predicted octanol–water partition coefficient (Wildman–Crippen LogP) is 4.90. The van der Waals surface area contributed by atoms with Crippen molar-refractivity contribution < 1.29 is 14.3 Å². The van der Waals surface area contributed by atoms with Gasteiger partial charge in [-0.1, -0.05) is 25.1 Å². The van der Waals surface area contributed by atoms with Crippen LogP contribution in [0.3, 0.4) is 0 Å². The number of aryl methyl sites for hydroxylation is 1. The first-order chi connectivity index (χ1) is 13.5. The van der Waals surface area contributed by atoms with Gasteiger partial charge < -0.3 is 4.74 Å². The second kappa shape index (κ2) is 9.07. The van der Waals surface area contributed by atoms with Gasteiger partial charge >= 0.3 is 5.97 Å². The number of ether oxygens (including phenoxy) is 1. The van der Waals surface area contributed by atoms with Crippen molar-refractivity contribution >= 4 is 50.0 Å². The van der Waals surface area contributed by atoms with Crippen LogP contribution in [0.4, 0.5) is 10.8 Å². The fourth-order valence-electron chi connectivity index (χ4n) is 2.65. The second-order valence-corrected chi connectivity index (χ2v) is 7.68. The van der Waals surface area contributed by atoms with E-state index in [1.807, 2.05) is 31.2 Å². The molecular weight excluding hydrogens is 442 g/mol. The van der Waals surface area contributed by atoms with Crippen molar-refractivity contribution in [2.45, 2.75) is 26.9 Å². The van der Waals surface area contributed by atoms with Crippen LogP contribution in [0.2, 0.25) is 0 Å². The summed E-state index contributed by atoms with van der Waals surface area (Å²) >= 11 is 4.61. The third-order valence-corrected chi connectivity index (χ3v) is 5.26. The average Bonchev–Trinajstić information content (AvgIpc) is 3.14. The SMILES string of the molecule is CCc1ccccc1N(C(C)=O)c1nc(COC(=O)c2cncc(Br)c2)cs1. The van der Waals surface area contributed by atoms with E-state index in [4.69, 9.17) is 4.74 Å². The lowest BCUT2D eigenvalue weighted by Gasteiger charge is -2.20. The zero-order chi connectivity index (χ0) is 20.1. The number of carbonyl (C=O) groups excluding carboxylic acids is 2. The minimum atomic E-state index is -0.483. The van der Waals surface area contributed by atoms with Gasteiger partial charge in [0.25, 0.3) is 0 Å². The van der Waals surface area contributed by atoms with Gasteiger partial charge in [-0.25, -0.2) is 9.78 Å². The Morgan fingerprint density at radius 2 is 2.04 bits per heavy atom. The number of amides is 1. The molecule has 3 aromatic rings. The van der Waals surface area contributed by atoms with Gasteiger partial charge in [-0.3, -0.25) is 14.7 Å². The Balaban J connectivity index is 1.76. The molecule has 0 saturated carbocycles. The average molecular weight is 460 g/mol. The largest absolute Gasteiger partial charge is 0.456 e. The maximum Gasteiger partial charge on any atom is 0.340 e. The van der Waals surface area contributed by atoms with Crippen molar-refractivity contribution in [1.29, 1.82) is 0 Å². The molecule has 28 heavy (non-hydrogen) atoms. The number of hydrogen-bond donors (Lipinski definition) is 0. The van der Waals surface area contributed by atoms with Gasteiger partial charge in [0.2, 0.25) is 5.91 Å². The number of para-hydroxylation sites is 1. The van der Waals surface area contributed by atoms with E-state index in [1.165, 1.54) is 24.5 Å². The molecule has 2 aromatic heterocycles. The number of anilines is 2. The molecule has 0 aliphatic rings. The Morgan fingerprint density at radius 1 is 1.25 bits per heavy atom. The van der Waals surface area contributed by atoms with Crippen molar-refractivity contribution in [2.75, 3.05) is 4.90 Å². The highest BCUT2D eigenvalue weighted by atomic mass is 79.9. The minimum Gasteiger partial charge on any atom is -0.456 e. The molecule has 0 N–H and O–H groups in total. The molecule has 6 nitrogen and oxygen atoms in total. The van der Waals surface area contributed by atoms with Crippen molar-refractivity contribution in [2.24, 2.45) is 0 Å². The molecule has 0 saturated heterocycles. The van der Waals surface area contributed by atoms with Gasteiger partial charge in [0.1, 0.15) is 6.61 Å². The van der Waals surface area contributed by atoms with E-state index in [2.05, 4.69) is 25.9 Å². The first-order valence-corrected chi connectivity index (χ1v) is 10.3. The zero-order valence-electron chi connectivity index (χ0n) is 15.4. The second-order valence-electron chi connectivity index (χ2n) is 5.93. The van der Waals surface area contributed by atoms with E-state index in [0.29, 0.717) is 20.9 Å². The van der Waals surface area contributed by atoms with Gasteiger partial charge in [0.15, 0.2) is 5.13 Å². The maximum absolute atomic E-state index is 12.3. The van der Waals surface area contributed by atoms with Crippen LogP contribution >= 0.6 is 27.3 Å². The monoisotopic (exact) mass is 459 g/mol. The van der Waals surface area contributed by atoms with Gasteiger partial charge in [0.05, 0.1) is 16.9 Å². The standard InChI is InChI=1S/C20H18BrN3O3S/c1-3-14-6-4-5-7-18(14)24(13(2)25)20-23-17(12-28-20)11-27-19(26)15-8-16(21)10-22-9-15/h4-10,12H,3,11H2,1-2H3. The van der Waals surface area contributed by atoms with Crippen LogP contribution in [-0.4, -0.2) is 21.8 Å². The summed E-state index contributed by atoms with van der Waals surface area (Å²) in [4.78, 5) is 34.5. The molecule has 0 spiro atoms. The van der Waals surface area contributed by atoms with Crippen molar-refractivity contribution in [3.63, 3.8) is 0 Å². The summed E-state index contributed by atoms with van der Waals surface area (Å²) < 4.78 is 6.01. The van der Waals surface area contributed by atoms with E-state index >= 15 is 0 Å². The molecule has 3 rings (SSSR count). The van der Waals surface area contributed by atoms with Crippen LogP contribution in [0.1, 0.15) is 35.5 Å². The number of aromatic nitrogens is 2. The van der Waals surface area contributed by atoms with Gasteiger partial charge in [-0.05, 0) is 40.0 Å². The van der Waals surface area contributed by atoms with Gasteiger partial charge in [-0.15, -0.1) is 11.3 Å². The lowest BCUT2D eigenvalue weighted by molar-refractivity contribution is -0.115. The fourth-order valence-corrected chi connectivity index (χ4v) is 3.88. The van der Waals surface area contributed by atoms with Crippen LogP contribution in [0.15, 0.2) is 52.6 Å². The molecule has 0 bridgehead atoms. The highest BCUT2D eigenvalue weighted by molar-refractivity contribution is 9.10. The van der Waals surface area contributed by atoms with E-state index in [0.717, 1.165) is 17.7 Å². The number of esters is 1. The van der Waals surface area contributed by atoms with Crippen LogP contribution in [0, 0.1) is 0 Å². The maximum atomic E-state index is 12.3. The van der Waals surface area contributed by atoms with E-state index in [-0.39, 0.29) is 12.5 Å². The van der Waals surface area contributed by atoms with Gasteiger partial charge in [0, 0.05) is 29.2 Å². The Kier molecular flexibility index (Phi) is 6.53. The molecule has 8 heteroatoms. The Morgan fingerprint density at radius 3 is 2.75 bits per heavy atom. The lowest BCUT2D eigenvalue weighted by atomic mass is 10.1. The number of benzene rings is 1. The summed E-state index contributed by atoms with van der Waals surface area (Å²) in [6, 6.07) is 9.38. The number of carbonyl (C=O) groups is 2. The predicted molar refractivity (Wildman–Crippen MR) is 112 cm³/mol. The van der Waals surface area contributed by atoms with E-state index in [1.54, 1.807) is 22.5 Å². The molecule has 0 radical (unpaired) electrons. The number of nitrogens with zero attached hydrogens (tertiary/aromatic N) is 3. The molecule has 0 fully saturated rings. The highest BCUT2D eigenvalue weighted by Gasteiger charge is 2.20. The molecule has 2 heterocycles. The molecule has 1 aromatic carbocycles. The van der Waals surface area contributed by atoms with Crippen LogP contribution in [0.5, 0.6) is 0 Å². The van der Waals surface area contributed by atoms with Crippen molar-refractivity contribution in [3.8, 4) is 0 Å². The normalized spacial score (nSPS) is 10.5. The van der Waals surface area contributed by atoms with E-state index in [9.17, 15) is 9.59 Å².